The Morgan fingerprint density at radius 3 is 2.85 bits per heavy atom. The van der Waals surface area contributed by atoms with Crippen LogP contribution in [0.15, 0.2) is 33.4 Å². The molecule has 2 aromatic rings. The lowest BCUT2D eigenvalue weighted by atomic mass is 10.1. The Balaban J connectivity index is 2.08. The highest BCUT2D eigenvalue weighted by atomic mass is 16.5. The van der Waals surface area contributed by atoms with Crippen molar-refractivity contribution >= 4 is 11.9 Å². The Morgan fingerprint density at radius 2 is 2.25 bits per heavy atom. The van der Waals surface area contributed by atoms with E-state index in [1.807, 2.05) is 6.92 Å². The Bertz CT molecular complexity index is 588. The summed E-state index contributed by atoms with van der Waals surface area (Å²) >= 11 is 0. The molecule has 0 radical (unpaired) electrons. The Labute approximate surface area is 114 Å². The van der Waals surface area contributed by atoms with E-state index >= 15 is 0 Å². The van der Waals surface area contributed by atoms with Crippen molar-refractivity contribution in [3.63, 3.8) is 0 Å². The van der Waals surface area contributed by atoms with Crippen LogP contribution in [0.25, 0.3) is 11.5 Å². The van der Waals surface area contributed by atoms with E-state index in [2.05, 4.69) is 10.5 Å². The van der Waals surface area contributed by atoms with Gasteiger partial charge in [-0.1, -0.05) is 18.5 Å². The molecular formula is C13H14N2O5. The van der Waals surface area contributed by atoms with E-state index in [4.69, 9.17) is 14.0 Å². The molecule has 0 aliphatic rings. The molecule has 0 bridgehead atoms. The second-order valence-corrected chi connectivity index (χ2v) is 4.21. The maximum absolute atomic E-state index is 11.9. The van der Waals surface area contributed by atoms with Crippen molar-refractivity contribution < 1.29 is 23.6 Å². The standard InChI is InChI=1S/C13H14N2O5/c1-2-4-8(13(17)18)14-12(16)9-7-11(20-15-9)10-5-3-6-19-10/h3,5-8H,2,4H2,1H3,(H,14,16)(H,17,18)/t8-/m1/s1. The number of aliphatic carboxylic acids is 1. The highest BCUT2D eigenvalue weighted by Gasteiger charge is 2.22. The van der Waals surface area contributed by atoms with Gasteiger partial charge >= 0.3 is 5.97 Å². The number of hydrogen-bond acceptors (Lipinski definition) is 5. The predicted octanol–water partition coefficient (Wildman–Crippen LogP) is 1.92. The minimum atomic E-state index is -1.07. The van der Waals surface area contributed by atoms with E-state index in [1.165, 1.54) is 12.3 Å². The number of nitrogens with zero attached hydrogens (tertiary/aromatic N) is 1. The molecule has 2 aromatic heterocycles. The van der Waals surface area contributed by atoms with Gasteiger partial charge in [-0.25, -0.2) is 4.79 Å². The number of carboxylic acid groups (broad SMARTS) is 1. The van der Waals surface area contributed by atoms with Crippen LogP contribution in [0.2, 0.25) is 0 Å². The first-order chi connectivity index (χ1) is 9.61. The number of rotatable bonds is 6. The molecule has 0 spiro atoms. The van der Waals surface area contributed by atoms with Crippen LogP contribution in [-0.2, 0) is 4.79 Å². The molecule has 0 saturated heterocycles. The van der Waals surface area contributed by atoms with E-state index in [-0.39, 0.29) is 5.69 Å². The highest BCUT2D eigenvalue weighted by Crippen LogP contribution is 2.20. The summed E-state index contributed by atoms with van der Waals surface area (Å²) in [7, 11) is 0. The molecule has 0 aliphatic heterocycles. The lowest BCUT2D eigenvalue weighted by molar-refractivity contribution is -0.139. The zero-order chi connectivity index (χ0) is 14.5. The van der Waals surface area contributed by atoms with Gasteiger partial charge in [0.05, 0.1) is 6.26 Å². The fourth-order valence-corrected chi connectivity index (χ4v) is 1.70. The first-order valence-corrected chi connectivity index (χ1v) is 6.16. The summed E-state index contributed by atoms with van der Waals surface area (Å²) in [5, 5.41) is 15.0. The Hall–Kier alpha value is -2.57. The van der Waals surface area contributed by atoms with Gasteiger partial charge in [-0.2, -0.15) is 0 Å². The minimum absolute atomic E-state index is 0.0127. The lowest BCUT2D eigenvalue weighted by Gasteiger charge is -2.11. The number of hydrogen-bond donors (Lipinski definition) is 2. The smallest absolute Gasteiger partial charge is 0.326 e. The molecule has 7 heteroatoms. The largest absolute Gasteiger partial charge is 0.480 e. The molecule has 0 fully saturated rings. The third kappa shape index (κ3) is 3.05. The number of furan rings is 1. The molecule has 20 heavy (non-hydrogen) atoms. The van der Waals surface area contributed by atoms with Gasteiger partial charge in [-0.05, 0) is 18.6 Å². The summed E-state index contributed by atoms with van der Waals surface area (Å²) in [6.07, 6.45) is 2.47. The summed E-state index contributed by atoms with van der Waals surface area (Å²) in [5.41, 5.74) is 0.0127. The molecule has 0 unspecified atom stereocenters. The number of carboxylic acids is 1. The first kappa shape index (κ1) is 13.9. The van der Waals surface area contributed by atoms with Crippen LogP contribution in [0, 0.1) is 0 Å². The summed E-state index contributed by atoms with van der Waals surface area (Å²) in [6, 6.07) is 3.81. The first-order valence-electron chi connectivity index (χ1n) is 6.16. The van der Waals surface area contributed by atoms with E-state index in [9.17, 15) is 9.59 Å². The van der Waals surface area contributed by atoms with Crippen molar-refractivity contribution in [2.24, 2.45) is 0 Å². The van der Waals surface area contributed by atoms with Crippen LogP contribution < -0.4 is 5.32 Å². The summed E-state index contributed by atoms with van der Waals surface area (Å²) < 4.78 is 10.1. The minimum Gasteiger partial charge on any atom is -0.480 e. The van der Waals surface area contributed by atoms with Crippen LogP contribution in [0.4, 0.5) is 0 Å². The van der Waals surface area contributed by atoms with Crippen molar-refractivity contribution in [3.05, 3.63) is 30.2 Å². The van der Waals surface area contributed by atoms with E-state index in [0.29, 0.717) is 24.4 Å². The Kier molecular flexibility index (Phi) is 4.19. The van der Waals surface area contributed by atoms with Crippen molar-refractivity contribution in [2.75, 3.05) is 0 Å². The topological polar surface area (TPSA) is 106 Å². The van der Waals surface area contributed by atoms with Crippen LogP contribution in [0.1, 0.15) is 30.3 Å². The molecule has 1 atom stereocenters. The fourth-order valence-electron chi connectivity index (χ4n) is 1.70. The van der Waals surface area contributed by atoms with Crippen LogP contribution in [-0.4, -0.2) is 28.2 Å². The van der Waals surface area contributed by atoms with Crippen LogP contribution >= 0.6 is 0 Å². The molecule has 1 amide bonds. The number of carbonyl (C=O) groups excluding carboxylic acids is 1. The van der Waals surface area contributed by atoms with Gasteiger partial charge in [0, 0.05) is 6.07 Å². The van der Waals surface area contributed by atoms with Gasteiger partial charge in [-0.15, -0.1) is 0 Å². The van der Waals surface area contributed by atoms with Crippen molar-refractivity contribution in [1.82, 2.24) is 10.5 Å². The average Bonchev–Trinajstić information content (AvgIpc) is 3.08. The number of carbonyl (C=O) groups is 2. The predicted molar refractivity (Wildman–Crippen MR) is 68.0 cm³/mol. The Morgan fingerprint density at radius 1 is 1.45 bits per heavy atom. The van der Waals surface area contributed by atoms with Crippen molar-refractivity contribution in [1.29, 1.82) is 0 Å². The van der Waals surface area contributed by atoms with Gasteiger partial charge < -0.3 is 19.4 Å². The molecule has 2 N–H and O–H groups in total. The zero-order valence-corrected chi connectivity index (χ0v) is 10.8. The molecule has 106 valence electrons. The number of aromatic nitrogens is 1. The van der Waals surface area contributed by atoms with Crippen LogP contribution in [0.3, 0.4) is 0 Å². The summed E-state index contributed by atoms with van der Waals surface area (Å²) in [4.78, 5) is 22.9. The summed E-state index contributed by atoms with van der Waals surface area (Å²) in [5.74, 6) is -0.912. The van der Waals surface area contributed by atoms with Gasteiger partial charge in [0.15, 0.2) is 11.5 Å². The average molecular weight is 278 g/mol. The monoisotopic (exact) mass is 278 g/mol. The molecule has 0 aliphatic carbocycles. The maximum atomic E-state index is 11.9. The molecule has 2 heterocycles. The van der Waals surface area contributed by atoms with Crippen LogP contribution in [0.5, 0.6) is 0 Å². The SMILES string of the molecule is CCC[C@@H](NC(=O)c1cc(-c2ccco2)on1)C(=O)O. The van der Waals surface area contributed by atoms with E-state index in [1.54, 1.807) is 12.1 Å². The fraction of sp³-hybridized carbons (Fsp3) is 0.308. The van der Waals surface area contributed by atoms with Crippen molar-refractivity contribution in [3.8, 4) is 11.5 Å². The second kappa shape index (κ2) is 6.05. The molecule has 0 aromatic carbocycles. The lowest BCUT2D eigenvalue weighted by Crippen LogP contribution is -2.40. The third-order valence-electron chi connectivity index (χ3n) is 2.69. The quantitative estimate of drug-likeness (QED) is 0.836. The van der Waals surface area contributed by atoms with Gasteiger partial charge in [-0.3, -0.25) is 4.79 Å². The molecule has 7 nitrogen and oxygen atoms in total. The van der Waals surface area contributed by atoms with E-state index in [0.717, 1.165) is 0 Å². The van der Waals surface area contributed by atoms with Gasteiger partial charge in [0.2, 0.25) is 5.76 Å². The van der Waals surface area contributed by atoms with Gasteiger partial charge in [0.1, 0.15) is 6.04 Å². The van der Waals surface area contributed by atoms with Crippen molar-refractivity contribution in [2.45, 2.75) is 25.8 Å². The third-order valence-corrected chi connectivity index (χ3v) is 2.69. The normalized spacial score (nSPS) is 12.1. The molecule has 2 rings (SSSR count). The second-order valence-electron chi connectivity index (χ2n) is 4.21. The molecule has 0 saturated carbocycles. The van der Waals surface area contributed by atoms with Gasteiger partial charge in [0.25, 0.3) is 5.91 Å². The zero-order valence-electron chi connectivity index (χ0n) is 10.8. The van der Waals surface area contributed by atoms with E-state index < -0.39 is 17.9 Å². The maximum Gasteiger partial charge on any atom is 0.326 e. The summed E-state index contributed by atoms with van der Waals surface area (Å²) in [6.45, 7) is 1.84. The molecular weight excluding hydrogens is 264 g/mol. The number of nitrogens with one attached hydrogen (secondary N) is 1. The number of amides is 1. The highest BCUT2D eigenvalue weighted by molar-refractivity contribution is 5.95.